The lowest BCUT2D eigenvalue weighted by Crippen LogP contribution is -2.30. The number of rotatable bonds is 6. The molecule has 0 unspecified atom stereocenters. The summed E-state index contributed by atoms with van der Waals surface area (Å²) in [4.78, 5) is 22.8. The topological polar surface area (TPSA) is 75.6 Å². The van der Waals surface area contributed by atoms with E-state index in [2.05, 4.69) is 5.32 Å². The van der Waals surface area contributed by atoms with Crippen molar-refractivity contribution in [2.24, 2.45) is 0 Å². The zero-order valence-corrected chi connectivity index (χ0v) is 11.9. The summed E-state index contributed by atoms with van der Waals surface area (Å²) < 4.78 is 5.12. The molecule has 0 aliphatic heterocycles. The normalized spacial score (nSPS) is 11.0. The summed E-state index contributed by atoms with van der Waals surface area (Å²) in [5.41, 5.74) is 1.59. The van der Waals surface area contributed by atoms with Crippen LogP contribution in [0.2, 0.25) is 0 Å². The van der Waals surface area contributed by atoms with Gasteiger partial charge in [0, 0.05) is 0 Å². The molecule has 5 nitrogen and oxygen atoms in total. The van der Waals surface area contributed by atoms with Crippen LogP contribution in [0.4, 0.5) is 4.79 Å². The fourth-order valence-corrected chi connectivity index (χ4v) is 2.02. The average Bonchev–Trinajstić information content (AvgIpc) is 2.54. The molecule has 2 N–H and O–H groups in total. The molecule has 2 aromatic rings. The van der Waals surface area contributed by atoms with Gasteiger partial charge in [-0.2, -0.15) is 0 Å². The summed E-state index contributed by atoms with van der Waals surface area (Å²) in [6, 6.07) is 17.6. The van der Waals surface area contributed by atoms with Crippen LogP contribution in [-0.2, 0) is 16.1 Å². The van der Waals surface area contributed by atoms with Crippen LogP contribution in [0.25, 0.3) is 0 Å². The minimum absolute atomic E-state index is 0. The molecule has 122 valence electrons. The Morgan fingerprint density at radius 1 is 1.00 bits per heavy atom. The van der Waals surface area contributed by atoms with E-state index >= 15 is 0 Å². The molecule has 1 amide bonds. The van der Waals surface area contributed by atoms with E-state index < -0.39 is 18.1 Å². The molecule has 0 saturated carbocycles. The second kappa shape index (κ2) is 9.25. The van der Waals surface area contributed by atoms with Gasteiger partial charge in [-0.15, -0.1) is 0 Å². The highest BCUT2D eigenvalue weighted by Crippen LogP contribution is 2.16. The van der Waals surface area contributed by atoms with E-state index in [4.69, 9.17) is 9.84 Å². The molecule has 0 bridgehead atoms. The van der Waals surface area contributed by atoms with E-state index in [0.717, 1.165) is 11.1 Å². The van der Waals surface area contributed by atoms with Gasteiger partial charge >= 0.3 is 12.1 Å². The van der Waals surface area contributed by atoms with Crippen molar-refractivity contribution in [2.45, 2.75) is 26.5 Å². The van der Waals surface area contributed by atoms with E-state index in [9.17, 15) is 9.59 Å². The van der Waals surface area contributed by atoms with Gasteiger partial charge in [-0.1, -0.05) is 68.1 Å². The number of alkyl carbamates (subject to hydrolysis) is 1. The Morgan fingerprint density at radius 3 is 2.13 bits per heavy atom. The Balaban J connectivity index is 0.00000264. The van der Waals surface area contributed by atoms with Crippen LogP contribution < -0.4 is 5.32 Å². The molecule has 0 aliphatic rings. The number of amides is 1. The lowest BCUT2D eigenvalue weighted by Gasteiger charge is -2.17. The van der Waals surface area contributed by atoms with Crippen LogP contribution in [0.1, 0.15) is 31.0 Å². The molecule has 0 saturated heterocycles. The first-order chi connectivity index (χ1) is 10.6. The summed E-state index contributed by atoms with van der Waals surface area (Å²) in [6.45, 7) is 0.140. The Kier molecular flexibility index (Phi) is 7.33. The van der Waals surface area contributed by atoms with Gasteiger partial charge in [0.05, 0.1) is 12.5 Å². The van der Waals surface area contributed by atoms with Crippen molar-refractivity contribution >= 4 is 12.1 Å². The van der Waals surface area contributed by atoms with Crippen molar-refractivity contribution in [3.05, 3.63) is 71.8 Å². The molecular weight excluding hydrogens is 294 g/mol. The maximum absolute atomic E-state index is 11.9. The summed E-state index contributed by atoms with van der Waals surface area (Å²) in [5.74, 6) is -0.989. The molecule has 1 atom stereocenters. The minimum atomic E-state index is -0.989. The first-order valence-corrected chi connectivity index (χ1v) is 6.89. The lowest BCUT2D eigenvalue weighted by atomic mass is 10.0. The van der Waals surface area contributed by atoms with Gasteiger partial charge in [0.1, 0.15) is 6.61 Å². The van der Waals surface area contributed by atoms with Crippen LogP contribution in [0.3, 0.4) is 0 Å². The van der Waals surface area contributed by atoms with E-state index in [1.807, 2.05) is 36.4 Å². The second-order valence-corrected chi connectivity index (χ2v) is 4.77. The fourth-order valence-electron chi connectivity index (χ4n) is 2.02. The van der Waals surface area contributed by atoms with Gasteiger partial charge in [0.2, 0.25) is 0 Å². The van der Waals surface area contributed by atoms with Crippen LogP contribution in [0.15, 0.2) is 60.7 Å². The van der Waals surface area contributed by atoms with E-state index in [0.29, 0.717) is 0 Å². The highest BCUT2D eigenvalue weighted by Gasteiger charge is 2.18. The number of carboxylic acid groups (broad SMARTS) is 1. The number of hydrogen-bond acceptors (Lipinski definition) is 3. The quantitative estimate of drug-likeness (QED) is 0.851. The number of carboxylic acids is 1. The number of aliphatic carboxylic acids is 1. The first kappa shape index (κ1) is 18.2. The van der Waals surface area contributed by atoms with Crippen molar-refractivity contribution in [2.75, 3.05) is 0 Å². The van der Waals surface area contributed by atoms with Crippen molar-refractivity contribution in [1.82, 2.24) is 5.32 Å². The first-order valence-electron chi connectivity index (χ1n) is 6.89. The Morgan fingerprint density at radius 2 is 1.57 bits per heavy atom. The maximum Gasteiger partial charge on any atom is 0.407 e. The third-order valence-electron chi connectivity index (χ3n) is 3.09. The van der Waals surface area contributed by atoms with Crippen LogP contribution in [0, 0.1) is 0 Å². The summed E-state index contributed by atoms with van der Waals surface area (Å²) >= 11 is 0. The van der Waals surface area contributed by atoms with Gasteiger partial charge in [0.15, 0.2) is 0 Å². The van der Waals surface area contributed by atoms with Crippen LogP contribution >= 0.6 is 0 Å². The van der Waals surface area contributed by atoms with E-state index in [1.54, 1.807) is 24.3 Å². The molecule has 23 heavy (non-hydrogen) atoms. The molecule has 0 fully saturated rings. The summed E-state index contributed by atoms with van der Waals surface area (Å²) in [6.07, 6.45) is -0.844. The van der Waals surface area contributed by atoms with Crippen LogP contribution in [0.5, 0.6) is 0 Å². The van der Waals surface area contributed by atoms with Gasteiger partial charge in [-0.05, 0) is 11.1 Å². The Bertz CT molecular complexity index is 613. The monoisotopic (exact) mass is 315 g/mol. The Hall–Kier alpha value is -2.82. The molecule has 2 aromatic carbocycles. The van der Waals surface area contributed by atoms with Crippen molar-refractivity contribution in [3.63, 3.8) is 0 Å². The highest BCUT2D eigenvalue weighted by molar-refractivity contribution is 5.72. The van der Waals surface area contributed by atoms with Crippen molar-refractivity contribution in [1.29, 1.82) is 0 Å². The molecule has 5 heteroatoms. The smallest absolute Gasteiger partial charge is 0.407 e. The number of benzene rings is 2. The van der Waals surface area contributed by atoms with E-state index in [-0.39, 0.29) is 20.5 Å². The van der Waals surface area contributed by atoms with Crippen molar-refractivity contribution < 1.29 is 19.4 Å². The number of carbonyl (C=O) groups excluding carboxylic acids is 1. The number of nitrogens with one attached hydrogen (secondary N) is 1. The third-order valence-corrected chi connectivity index (χ3v) is 3.09. The minimum Gasteiger partial charge on any atom is -0.481 e. The highest BCUT2D eigenvalue weighted by atomic mass is 16.5. The van der Waals surface area contributed by atoms with Gasteiger partial charge in [-0.25, -0.2) is 4.79 Å². The van der Waals surface area contributed by atoms with Crippen molar-refractivity contribution in [3.8, 4) is 0 Å². The summed E-state index contributed by atoms with van der Waals surface area (Å²) in [7, 11) is 0. The number of ether oxygens (including phenoxy) is 1. The third kappa shape index (κ3) is 6.22. The standard InChI is InChI=1S/C17H17NO4.CH4/c19-16(20)11-15(14-9-5-2-6-10-14)18-17(21)22-12-13-7-3-1-4-8-13;/h1-10,15H,11-12H2,(H,18,21)(H,19,20);1H4/t15-;/m1./s1. The predicted octanol–water partition coefficient (Wildman–Crippen LogP) is 3.76. The SMILES string of the molecule is C.O=C(O)C[C@@H](NC(=O)OCc1ccccc1)c1ccccc1. The molecule has 0 aromatic heterocycles. The van der Waals surface area contributed by atoms with Crippen LogP contribution in [-0.4, -0.2) is 17.2 Å². The molecular formula is C18H21NO4. The molecule has 0 aliphatic carbocycles. The maximum atomic E-state index is 11.9. The van der Waals surface area contributed by atoms with E-state index in [1.165, 1.54) is 0 Å². The van der Waals surface area contributed by atoms with Gasteiger partial charge < -0.3 is 15.2 Å². The van der Waals surface area contributed by atoms with Gasteiger partial charge in [-0.3, -0.25) is 4.79 Å². The fraction of sp³-hybridized carbons (Fsp3) is 0.222. The Labute approximate surface area is 135 Å². The predicted molar refractivity (Wildman–Crippen MR) is 87.9 cm³/mol. The van der Waals surface area contributed by atoms with Gasteiger partial charge in [0.25, 0.3) is 0 Å². The molecule has 2 rings (SSSR count). The molecule has 0 radical (unpaired) electrons. The molecule has 0 heterocycles. The number of hydrogen-bond donors (Lipinski definition) is 2. The average molecular weight is 315 g/mol. The molecule has 0 spiro atoms. The zero-order valence-electron chi connectivity index (χ0n) is 11.9. The summed E-state index contributed by atoms with van der Waals surface area (Å²) in [5, 5.41) is 11.6. The largest absolute Gasteiger partial charge is 0.481 e. The second-order valence-electron chi connectivity index (χ2n) is 4.77. The number of carbonyl (C=O) groups is 2. The lowest BCUT2D eigenvalue weighted by molar-refractivity contribution is -0.137. The zero-order chi connectivity index (χ0) is 15.8.